The first-order valence-corrected chi connectivity index (χ1v) is 7.99. The predicted molar refractivity (Wildman–Crippen MR) is 82.0 cm³/mol. The second-order valence-electron chi connectivity index (χ2n) is 5.76. The molecule has 0 radical (unpaired) electrons. The molecule has 1 aromatic rings. The van der Waals surface area contributed by atoms with E-state index in [1.54, 1.807) is 5.43 Å². The number of halogens is 5. The van der Waals surface area contributed by atoms with Gasteiger partial charge in [-0.25, -0.2) is 22.0 Å². The molecular formula is C16H21F5N2O2. The van der Waals surface area contributed by atoms with E-state index in [1.807, 2.05) is 19.3 Å². The van der Waals surface area contributed by atoms with Crippen LogP contribution in [-0.2, 0) is 4.79 Å². The molecule has 0 saturated carbocycles. The molecule has 0 unspecified atom stereocenters. The Labute approximate surface area is 142 Å². The lowest BCUT2D eigenvalue weighted by molar-refractivity contribution is -0.141. The molecule has 142 valence electrons. The van der Waals surface area contributed by atoms with Crippen LogP contribution in [0.3, 0.4) is 0 Å². The van der Waals surface area contributed by atoms with Gasteiger partial charge in [-0.15, -0.1) is 0 Å². The first-order chi connectivity index (χ1) is 11.7. The maximum Gasteiger partial charge on any atom is 0.270 e. The van der Waals surface area contributed by atoms with E-state index in [0.717, 1.165) is 0 Å². The van der Waals surface area contributed by atoms with Crippen LogP contribution >= 0.6 is 0 Å². The second-order valence-corrected chi connectivity index (χ2v) is 5.76. The number of amides is 1. The highest BCUT2D eigenvalue weighted by Crippen LogP contribution is 2.27. The summed E-state index contributed by atoms with van der Waals surface area (Å²) in [6.07, 6.45) is 2.66. The quantitative estimate of drug-likeness (QED) is 0.268. The van der Waals surface area contributed by atoms with Crippen LogP contribution in [0.4, 0.5) is 27.6 Å². The van der Waals surface area contributed by atoms with E-state index >= 15 is 0 Å². The van der Waals surface area contributed by atoms with Crippen molar-refractivity contribution in [3.63, 3.8) is 0 Å². The van der Waals surface area contributed by atoms with E-state index in [9.17, 15) is 31.9 Å². The summed E-state index contributed by atoms with van der Waals surface area (Å²) in [4.78, 5) is 12.2. The number of carbonyl (C=O) groups excluding carboxylic acids is 1. The first-order valence-electron chi connectivity index (χ1n) is 7.99. The minimum Gasteiger partial charge on any atom is -0.380 e. The number of aliphatic hydroxyl groups is 1. The van der Waals surface area contributed by atoms with Crippen molar-refractivity contribution in [1.82, 2.24) is 5.43 Å². The fraction of sp³-hybridized carbons (Fsp3) is 0.562. The summed E-state index contributed by atoms with van der Waals surface area (Å²) in [5.41, 5.74) is 0.337. The summed E-state index contributed by atoms with van der Waals surface area (Å²) in [5, 5.41) is 10.5. The number of unbranched alkanes of at least 4 members (excludes halogenated alkanes) is 2. The second kappa shape index (κ2) is 8.98. The zero-order valence-electron chi connectivity index (χ0n) is 14.0. The Balaban J connectivity index is 2.97. The molecule has 1 aromatic carbocycles. The molecule has 0 aromatic heterocycles. The number of anilines is 1. The lowest BCUT2D eigenvalue weighted by Crippen LogP contribution is -2.49. The van der Waals surface area contributed by atoms with E-state index in [2.05, 4.69) is 0 Å². The Morgan fingerprint density at radius 2 is 1.28 bits per heavy atom. The SMILES string of the molecule is CCCCC(O)(CCCC)C(=O)NNc1c(F)c(F)c(F)c(F)c1F. The minimum absolute atomic E-state index is 0.105. The molecule has 0 spiro atoms. The standard InChI is InChI=1S/C16H21F5N2O2/c1-3-5-7-16(25,8-6-4-2)15(24)23-22-14-12(20)10(18)9(17)11(19)13(14)21/h22,25H,3-8H2,1-2H3,(H,23,24). The van der Waals surface area contributed by atoms with Crippen molar-refractivity contribution in [2.75, 3.05) is 5.43 Å². The fourth-order valence-corrected chi connectivity index (χ4v) is 2.24. The monoisotopic (exact) mass is 368 g/mol. The van der Waals surface area contributed by atoms with Gasteiger partial charge in [-0.2, -0.15) is 0 Å². The lowest BCUT2D eigenvalue weighted by atomic mass is 9.90. The molecular weight excluding hydrogens is 347 g/mol. The maximum absolute atomic E-state index is 13.6. The van der Waals surface area contributed by atoms with Crippen molar-refractivity contribution in [1.29, 1.82) is 0 Å². The van der Waals surface area contributed by atoms with Gasteiger partial charge < -0.3 is 5.11 Å². The van der Waals surface area contributed by atoms with Crippen LogP contribution in [0.15, 0.2) is 0 Å². The number of hydrogen-bond acceptors (Lipinski definition) is 3. The van der Waals surface area contributed by atoms with E-state index in [-0.39, 0.29) is 12.8 Å². The summed E-state index contributed by atoms with van der Waals surface area (Å²) in [6, 6.07) is 0. The Bertz CT molecular complexity index is 588. The summed E-state index contributed by atoms with van der Waals surface area (Å²) >= 11 is 0. The molecule has 1 amide bonds. The van der Waals surface area contributed by atoms with E-state index in [4.69, 9.17) is 0 Å². The third-order valence-electron chi connectivity index (χ3n) is 3.82. The van der Waals surface area contributed by atoms with Crippen molar-refractivity contribution < 1.29 is 31.9 Å². The fourth-order valence-electron chi connectivity index (χ4n) is 2.24. The average Bonchev–Trinajstić information content (AvgIpc) is 2.61. The molecule has 0 aliphatic carbocycles. The molecule has 25 heavy (non-hydrogen) atoms. The van der Waals surface area contributed by atoms with E-state index < -0.39 is 46.3 Å². The van der Waals surface area contributed by atoms with E-state index in [0.29, 0.717) is 25.7 Å². The van der Waals surface area contributed by atoms with Gasteiger partial charge in [-0.05, 0) is 12.8 Å². The molecule has 0 atom stereocenters. The third kappa shape index (κ3) is 4.81. The van der Waals surface area contributed by atoms with Crippen molar-refractivity contribution in [3.05, 3.63) is 29.1 Å². The van der Waals surface area contributed by atoms with Gasteiger partial charge in [0.25, 0.3) is 5.91 Å². The molecule has 0 aliphatic heterocycles. The van der Waals surface area contributed by atoms with Crippen LogP contribution < -0.4 is 10.9 Å². The van der Waals surface area contributed by atoms with Gasteiger partial charge in [0, 0.05) is 0 Å². The minimum atomic E-state index is -2.30. The highest BCUT2D eigenvalue weighted by molar-refractivity contribution is 5.85. The summed E-state index contributed by atoms with van der Waals surface area (Å²) in [5.74, 6) is -11.8. The molecule has 0 aliphatic rings. The van der Waals surface area contributed by atoms with Crippen LogP contribution in [-0.4, -0.2) is 16.6 Å². The highest BCUT2D eigenvalue weighted by Gasteiger charge is 2.35. The number of nitrogens with one attached hydrogen (secondary N) is 2. The van der Waals surface area contributed by atoms with E-state index in [1.165, 1.54) is 0 Å². The Morgan fingerprint density at radius 3 is 1.68 bits per heavy atom. The van der Waals surface area contributed by atoms with Crippen molar-refractivity contribution >= 4 is 11.6 Å². The van der Waals surface area contributed by atoms with Crippen LogP contribution in [0, 0.1) is 29.1 Å². The zero-order valence-corrected chi connectivity index (χ0v) is 14.0. The Kier molecular flexibility index (Phi) is 7.60. The Morgan fingerprint density at radius 1 is 0.880 bits per heavy atom. The van der Waals surface area contributed by atoms with Gasteiger partial charge in [0.2, 0.25) is 5.82 Å². The lowest BCUT2D eigenvalue weighted by Gasteiger charge is -2.27. The Hall–Kier alpha value is -1.90. The smallest absolute Gasteiger partial charge is 0.270 e. The van der Waals surface area contributed by atoms with Crippen LogP contribution in [0.2, 0.25) is 0 Å². The number of carbonyl (C=O) groups is 1. The molecule has 0 bridgehead atoms. The summed E-state index contributed by atoms with van der Waals surface area (Å²) in [7, 11) is 0. The zero-order chi connectivity index (χ0) is 19.2. The van der Waals surface area contributed by atoms with Gasteiger partial charge in [-0.1, -0.05) is 39.5 Å². The van der Waals surface area contributed by atoms with Gasteiger partial charge >= 0.3 is 0 Å². The number of hydrogen-bond donors (Lipinski definition) is 3. The average molecular weight is 368 g/mol. The van der Waals surface area contributed by atoms with Crippen LogP contribution in [0.5, 0.6) is 0 Å². The van der Waals surface area contributed by atoms with Crippen molar-refractivity contribution in [3.8, 4) is 0 Å². The summed E-state index contributed by atoms with van der Waals surface area (Å²) in [6.45, 7) is 3.70. The molecule has 0 saturated heterocycles. The summed E-state index contributed by atoms with van der Waals surface area (Å²) < 4.78 is 66.4. The van der Waals surface area contributed by atoms with Crippen molar-refractivity contribution in [2.24, 2.45) is 0 Å². The number of rotatable bonds is 9. The molecule has 1 rings (SSSR count). The van der Waals surface area contributed by atoms with Gasteiger partial charge in [0.15, 0.2) is 23.3 Å². The molecule has 3 N–H and O–H groups in total. The van der Waals surface area contributed by atoms with Crippen molar-refractivity contribution in [2.45, 2.75) is 58.0 Å². The van der Waals surface area contributed by atoms with Gasteiger partial charge in [0.05, 0.1) is 0 Å². The van der Waals surface area contributed by atoms with Crippen LogP contribution in [0.1, 0.15) is 52.4 Å². The van der Waals surface area contributed by atoms with Crippen LogP contribution in [0.25, 0.3) is 0 Å². The van der Waals surface area contributed by atoms with Gasteiger partial charge in [0.1, 0.15) is 11.3 Å². The predicted octanol–water partition coefficient (Wildman–Crippen LogP) is 3.94. The number of hydrazine groups is 1. The topological polar surface area (TPSA) is 61.4 Å². The number of benzene rings is 1. The molecule has 4 nitrogen and oxygen atoms in total. The maximum atomic E-state index is 13.6. The molecule has 9 heteroatoms. The molecule has 0 fully saturated rings. The first kappa shape index (κ1) is 21.1. The van der Waals surface area contributed by atoms with Gasteiger partial charge in [-0.3, -0.25) is 15.6 Å². The largest absolute Gasteiger partial charge is 0.380 e. The third-order valence-corrected chi connectivity index (χ3v) is 3.82. The highest BCUT2D eigenvalue weighted by atomic mass is 19.2. The normalized spacial score (nSPS) is 11.5. The molecule has 0 heterocycles.